The quantitative estimate of drug-likeness (QED) is 0.451. The summed E-state index contributed by atoms with van der Waals surface area (Å²) in [6.45, 7) is 10.6. The van der Waals surface area contributed by atoms with Crippen LogP contribution in [-0.4, -0.2) is 4.87 Å². The van der Waals surface area contributed by atoms with Gasteiger partial charge >= 0.3 is 0 Å². The van der Waals surface area contributed by atoms with Crippen LogP contribution in [0.2, 0.25) is 0 Å². The molecule has 66 valence electrons. The van der Waals surface area contributed by atoms with Gasteiger partial charge in [0.05, 0.1) is 4.87 Å². The summed E-state index contributed by atoms with van der Waals surface area (Å²) in [4.78, 5) is -0.191. The van der Waals surface area contributed by atoms with Crippen molar-refractivity contribution in [3.8, 4) is 0 Å². The Bertz CT molecular complexity index is 128. The van der Waals surface area contributed by atoms with Crippen molar-refractivity contribution in [2.45, 2.75) is 39.5 Å². The van der Waals surface area contributed by atoms with Gasteiger partial charge in [-0.1, -0.05) is 32.9 Å². The van der Waals surface area contributed by atoms with Crippen molar-refractivity contribution < 1.29 is 0 Å². The fraction of sp³-hybridized carbons (Fsp3) is 0.800. The number of hydrogen-bond donors (Lipinski definition) is 0. The molecular formula is C10H19Cl. The van der Waals surface area contributed by atoms with Crippen molar-refractivity contribution in [3.63, 3.8) is 0 Å². The second-order valence-electron chi connectivity index (χ2n) is 4.03. The Labute approximate surface area is 75.6 Å². The molecule has 0 heterocycles. The Balaban J connectivity index is 3.93. The highest BCUT2D eigenvalue weighted by Crippen LogP contribution is 2.18. The summed E-state index contributed by atoms with van der Waals surface area (Å²) in [6.07, 6.45) is 4.26. The lowest BCUT2D eigenvalue weighted by atomic mass is 9.96. The van der Waals surface area contributed by atoms with Crippen LogP contribution in [0.15, 0.2) is 12.2 Å². The zero-order valence-electron chi connectivity index (χ0n) is 8.19. The highest BCUT2D eigenvalue weighted by Gasteiger charge is 2.09. The van der Waals surface area contributed by atoms with E-state index in [0.717, 1.165) is 0 Å². The van der Waals surface area contributed by atoms with E-state index in [9.17, 15) is 0 Å². The molecule has 1 atom stereocenters. The Morgan fingerprint density at radius 3 is 1.91 bits per heavy atom. The minimum absolute atomic E-state index is 0.191. The maximum absolute atomic E-state index is 6.00. The van der Waals surface area contributed by atoms with Crippen molar-refractivity contribution in [1.29, 1.82) is 0 Å². The summed E-state index contributed by atoms with van der Waals surface area (Å²) >= 11 is 6.00. The first kappa shape index (κ1) is 11.0. The maximum atomic E-state index is 6.00. The van der Waals surface area contributed by atoms with E-state index < -0.39 is 0 Å². The van der Waals surface area contributed by atoms with Gasteiger partial charge in [0.25, 0.3) is 0 Å². The predicted molar refractivity (Wildman–Crippen MR) is 53.1 cm³/mol. The zero-order valence-corrected chi connectivity index (χ0v) is 8.94. The molecule has 0 aromatic carbocycles. The van der Waals surface area contributed by atoms with Gasteiger partial charge in [0.1, 0.15) is 0 Å². The van der Waals surface area contributed by atoms with E-state index >= 15 is 0 Å². The molecule has 0 aromatic rings. The van der Waals surface area contributed by atoms with Gasteiger partial charge < -0.3 is 0 Å². The number of halogens is 1. The van der Waals surface area contributed by atoms with Gasteiger partial charge in [-0.05, 0) is 25.7 Å². The van der Waals surface area contributed by atoms with E-state index in [2.05, 4.69) is 32.9 Å². The molecule has 0 aliphatic heterocycles. The first-order valence-corrected chi connectivity index (χ1v) is 4.59. The number of hydrogen-bond acceptors (Lipinski definition) is 0. The van der Waals surface area contributed by atoms with E-state index in [1.807, 2.05) is 13.8 Å². The molecule has 0 bridgehead atoms. The molecule has 0 aliphatic rings. The third-order valence-corrected chi connectivity index (χ3v) is 1.97. The number of rotatable bonds is 3. The van der Waals surface area contributed by atoms with Gasteiger partial charge in [-0.2, -0.15) is 0 Å². The first-order chi connectivity index (χ1) is 4.83. The number of alkyl halides is 1. The van der Waals surface area contributed by atoms with Crippen LogP contribution in [0, 0.1) is 11.8 Å². The lowest BCUT2D eigenvalue weighted by molar-refractivity contribution is 0.502. The van der Waals surface area contributed by atoms with Gasteiger partial charge in [-0.25, -0.2) is 0 Å². The molecule has 1 heteroatoms. The molecule has 0 aliphatic carbocycles. The summed E-state index contributed by atoms with van der Waals surface area (Å²) in [5, 5.41) is 0. The molecule has 0 saturated carbocycles. The normalized spacial score (nSPS) is 16.3. The van der Waals surface area contributed by atoms with E-state index in [1.54, 1.807) is 0 Å². The largest absolute Gasteiger partial charge is 0.115 e. The third-order valence-electron chi connectivity index (χ3n) is 1.85. The standard InChI is InChI=1S/C10H19Cl/c1-8(2)9(3)6-7-10(4,5)11/h6-9H,1-5H3/b7-6-/t9-/m0/s1. The molecule has 0 rings (SSSR count). The second kappa shape index (κ2) is 4.15. The molecule has 0 saturated heterocycles. The zero-order chi connectivity index (χ0) is 9.07. The SMILES string of the molecule is CC(C)[C@@H](C)/C=C\C(C)(C)Cl. The summed E-state index contributed by atoms with van der Waals surface area (Å²) in [7, 11) is 0. The Hall–Kier alpha value is 0.0300. The molecule has 11 heavy (non-hydrogen) atoms. The van der Waals surface area contributed by atoms with Gasteiger partial charge in [-0.3, -0.25) is 0 Å². The van der Waals surface area contributed by atoms with Crippen LogP contribution in [0.5, 0.6) is 0 Å². The van der Waals surface area contributed by atoms with E-state index in [-0.39, 0.29) is 4.87 Å². The van der Waals surface area contributed by atoms with Gasteiger partial charge in [0, 0.05) is 0 Å². The van der Waals surface area contributed by atoms with Gasteiger partial charge in [0.2, 0.25) is 0 Å². The van der Waals surface area contributed by atoms with Crippen LogP contribution in [-0.2, 0) is 0 Å². The maximum Gasteiger partial charge on any atom is 0.0569 e. The van der Waals surface area contributed by atoms with Crippen LogP contribution < -0.4 is 0 Å². The fourth-order valence-corrected chi connectivity index (χ4v) is 0.676. The lowest BCUT2D eigenvalue weighted by Gasteiger charge is -2.13. The van der Waals surface area contributed by atoms with Crippen LogP contribution in [0.1, 0.15) is 34.6 Å². The van der Waals surface area contributed by atoms with Gasteiger partial charge in [0.15, 0.2) is 0 Å². The Kier molecular flexibility index (Phi) is 4.17. The molecule has 0 N–H and O–H groups in total. The number of allylic oxidation sites excluding steroid dienone is 2. The van der Waals surface area contributed by atoms with E-state index in [4.69, 9.17) is 11.6 Å². The van der Waals surface area contributed by atoms with Crippen molar-refractivity contribution in [2.75, 3.05) is 0 Å². The molecule has 0 radical (unpaired) electrons. The molecule has 0 fully saturated rings. The minimum Gasteiger partial charge on any atom is -0.115 e. The van der Waals surface area contributed by atoms with Crippen LogP contribution >= 0.6 is 11.6 Å². The summed E-state index contributed by atoms with van der Waals surface area (Å²) in [5.41, 5.74) is 0. The average Bonchev–Trinajstić information content (AvgIpc) is 1.80. The van der Waals surface area contributed by atoms with Crippen LogP contribution in [0.4, 0.5) is 0 Å². The molecular weight excluding hydrogens is 156 g/mol. The highest BCUT2D eigenvalue weighted by atomic mass is 35.5. The lowest BCUT2D eigenvalue weighted by Crippen LogP contribution is -2.07. The first-order valence-electron chi connectivity index (χ1n) is 4.21. The fourth-order valence-electron chi connectivity index (χ4n) is 0.603. The monoisotopic (exact) mass is 174 g/mol. The van der Waals surface area contributed by atoms with E-state index in [0.29, 0.717) is 11.8 Å². The Morgan fingerprint density at radius 1 is 1.18 bits per heavy atom. The summed E-state index contributed by atoms with van der Waals surface area (Å²) < 4.78 is 0. The summed E-state index contributed by atoms with van der Waals surface area (Å²) in [5.74, 6) is 1.32. The highest BCUT2D eigenvalue weighted by molar-refractivity contribution is 6.24. The Morgan fingerprint density at radius 2 is 1.64 bits per heavy atom. The topological polar surface area (TPSA) is 0 Å². The van der Waals surface area contributed by atoms with Crippen molar-refractivity contribution in [3.05, 3.63) is 12.2 Å². The minimum atomic E-state index is -0.191. The molecule has 0 unspecified atom stereocenters. The van der Waals surface area contributed by atoms with Crippen molar-refractivity contribution in [2.24, 2.45) is 11.8 Å². The average molecular weight is 175 g/mol. The van der Waals surface area contributed by atoms with Crippen LogP contribution in [0.3, 0.4) is 0 Å². The molecule has 0 spiro atoms. The van der Waals surface area contributed by atoms with Gasteiger partial charge in [-0.15, -0.1) is 11.6 Å². The van der Waals surface area contributed by atoms with Crippen molar-refractivity contribution >= 4 is 11.6 Å². The third kappa shape index (κ3) is 6.43. The smallest absolute Gasteiger partial charge is 0.0569 e. The molecule has 0 nitrogen and oxygen atoms in total. The summed E-state index contributed by atoms with van der Waals surface area (Å²) in [6, 6.07) is 0. The molecule has 0 aromatic heterocycles. The van der Waals surface area contributed by atoms with Crippen molar-refractivity contribution in [1.82, 2.24) is 0 Å². The van der Waals surface area contributed by atoms with E-state index in [1.165, 1.54) is 0 Å². The predicted octanol–water partition coefficient (Wildman–Crippen LogP) is 3.85. The van der Waals surface area contributed by atoms with Crippen LogP contribution in [0.25, 0.3) is 0 Å². The second-order valence-corrected chi connectivity index (χ2v) is 5.00. The molecule has 0 amide bonds.